The van der Waals surface area contributed by atoms with Crippen molar-refractivity contribution < 1.29 is 14.6 Å². The first kappa shape index (κ1) is 10.4. The number of methoxy groups -OCH3 is 1. The van der Waals surface area contributed by atoms with Crippen molar-refractivity contribution in [3.63, 3.8) is 0 Å². The molecule has 4 heteroatoms. The molecule has 1 aromatic heterocycles. The van der Waals surface area contributed by atoms with Gasteiger partial charge in [0.25, 0.3) is 0 Å². The predicted molar refractivity (Wildman–Crippen MR) is 63.5 cm³/mol. The maximum atomic E-state index is 11.2. The quantitative estimate of drug-likeness (QED) is 0.803. The van der Waals surface area contributed by atoms with Crippen molar-refractivity contribution in [2.45, 2.75) is 19.1 Å². The van der Waals surface area contributed by atoms with Crippen LogP contribution in [0.25, 0.3) is 10.9 Å². The third-order valence-corrected chi connectivity index (χ3v) is 3.41. The summed E-state index contributed by atoms with van der Waals surface area (Å²) in [6.07, 6.45) is 0.930. The number of rotatable bonds is 2. The predicted octanol–water partition coefficient (Wildman–Crippen LogP) is 1.90. The summed E-state index contributed by atoms with van der Waals surface area (Å²) in [5.41, 5.74) is 2.21. The van der Waals surface area contributed by atoms with E-state index in [-0.39, 0.29) is 0 Å². The summed E-state index contributed by atoms with van der Waals surface area (Å²) in [7, 11) is 1.61. The summed E-state index contributed by atoms with van der Waals surface area (Å²) < 4.78 is 7.32. The number of carbonyl (C=O) groups excluding carboxylic acids is 1. The van der Waals surface area contributed by atoms with Crippen LogP contribution in [0.2, 0.25) is 0 Å². The monoisotopic (exact) mass is 231 g/mol. The fraction of sp³-hybridized carbons (Fsp3) is 0.308. The second-order valence-electron chi connectivity index (χ2n) is 4.23. The molecule has 2 aromatic rings. The molecule has 3 rings (SSSR count). The first-order valence-corrected chi connectivity index (χ1v) is 5.60. The topological polar surface area (TPSA) is 51.5 Å². The van der Waals surface area contributed by atoms with E-state index < -0.39 is 6.10 Å². The van der Waals surface area contributed by atoms with Crippen molar-refractivity contribution in [3.05, 3.63) is 29.5 Å². The average molecular weight is 231 g/mol. The lowest BCUT2D eigenvalue weighted by molar-refractivity contribution is 0.111. The second-order valence-corrected chi connectivity index (χ2v) is 4.23. The number of aliphatic hydroxyl groups is 1. The zero-order valence-corrected chi connectivity index (χ0v) is 9.51. The minimum Gasteiger partial charge on any atom is -0.495 e. The largest absolute Gasteiger partial charge is 0.495 e. The van der Waals surface area contributed by atoms with Crippen LogP contribution >= 0.6 is 0 Å². The maximum Gasteiger partial charge on any atom is 0.152 e. The lowest BCUT2D eigenvalue weighted by Gasteiger charge is -2.05. The highest BCUT2D eigenvalue weighted by molar-refractivity contribution is 6.02. The number of para-hydroxylation sites is 1. The Morgan fingerprint density at radius 2 is 2.35 bits per heavy atom. The van der Waals surface area contributed by atoms with Gasteiger partial charge >= 0.3 is 0 Å². The smallest absolute Gasteiger partial charge is 0.152 e. The van der Waals surface area contributed by atoms with E-state index in [1.807, 2.05) is 22.8 Å². The van der Waals surface area contributed by atoms with Gasteiger partial charge in [-0.05, 0) is 12.5 Å². The number of aryl methyl sites for hydroxylation is 1. The van der Waals surface area contributed by atoms with Gasteiger partial charge in [-0.1, -0.05) is 12.1 Å². The van der Waals surface area contributed by atoms with Crippen LogP contribution in [0.4, 0.5) is 0 Å². The van der Waals surface area contributed by atoms with Crippen molar-refractivity contribution in [3.8, 4) is 5.75 Å². The standard InChI is InChI=1S/C13H13NO3/c1-17-11-4-2-3-8-9(7-15)12-10(16)5-6-14(12)13(8)11/h2-4,7,10,16H,5-6H2,1H3. The zero-order chi connectivity index (χ0) is 12.0. The van der Waals surface area contributed by atoms with E-state index in [0.29, 0.717) is 12.0 Å². The molecule has 17 heavy (non-hydrogen) atoms. The molecule has 0 amide bonds. The molecule has 1 unspecified atom stereocenters. The molecule has 0 aliphatic carbocycles. The van der Waals surface area contributed by atoms with Gasteiger partial charge in [0.15, 0.2) is 6.29 Å². The summed E-state index contributed by atoms with van der Waals surface area (Å²) in [5.74, 6) is 0.742. The number of hydrogen-bond donors (Lipinski definition) is 1. The fourth-order valence-corrected chi connectivity index (χ4v) is 2.69. The molecular formula is C13H13NO3. The first-order valence-electron chi connectivity index (χ1n) is 5.60. The van der Waals surface area contributed by atoms with Crippen molar-refractivity contribution >= 4 is 17.2 Å². The number of carbonyl (C=O) groups is 1. The van der Waals surface area contributed by atoms with E-state index >= 15 is 0 Å². The Hall–Kier alpha value is -1.81. The summed E-state index contributed by atoms with van der Waals surface area (Å²) in [6, 6.07) is 5.62. The van der Waals surface area contributed by atoms with Gasteiger partial charge in [0.05, 0.1) is 24.4 Å². The number of fused-ring (bicyclic) bond motifs is 3. The Bertz CT molecular complexity index is 600. The Balaban J connectivity index is 2.46. The van der Waals surface area contributed by atoms with E-state index in [9.17, 15) is 9.90 Å². The molecule has 88 valence electrons. The van der Waals surface area contributed by atoms with Gasteiger partial charge < -0.3 is 14.4 Å². The van der Waals surface area contributed by atoms with E-state index in [0.717, 1.165) is 35.2 Å². The number of ether oxygens (including phenoxy) is 1. The molecule has 1 N–H and O–H groups in total. The highest BCUT2D eigenvalue weighted by Gasteiger charge is 2.29. The normalized spacial score (nSPS) is 18.4. The summed E-state index contributed by atoms with van der Waals surface area (Å²) in [6.45, 7) is 0.723. The van der Waals surface area contributed by atoms with Crippen LogP contribution < -0.4 is 4.74 Å². The van der Waals surface area contributed by atoms with E-state index in [2.05, 4.69) is 0 Å². The number of aromatic nitrogens is 1. The Labute approximate surface area is 98.4 Å². The molecule has 0 saturated heterocycles. The SMILES string of the molecule is COc1cccc2c(C=O)c3n(c12)CCC3O. The van der Waals surface area contributed by atoms with Crippen molar-refractivity contribution in [1.82, 2.24) is 4.57 Å². The van der Waals surface area contributed by atoms with Crippen molar-refractivity contribution in [2.75, 3.05) is 7.11 Å². The zero-order valence-electron chi connectivity index (χ0n) is 9.51. The molecule has 0 spiro atoms. The Morgan fingerprint density at radius 3 is 3.06 bits per heavy atom. The summed E-state index contributed by atoms with van der Waals surface area (Å²) >= 11 is 0. The number of benzene rings is 1. The minimum absolute atomic E-state index is 0.549. The molecular weight excluding hydrogens is 218 g/mol. The number of hydrogen-bond acceptors (Lipinski definition) is 3. The molecule has 0 bridgehead atoms. The average Bonchev–Trinajstić information content (AvgIpc) is 2.87. The van der Waals surface area contributed by atoms with Gasteiger partial charge in [-0.15, -0.1) is 0 Å². The fourth-order valence-electron chi connectivity index (χ4n) is 2.69. The molecule has 1 aliphatic rings. The van der Waals surface area contributed by atoms with Gasteiger partial charge in [-0.25, -0.2) is 0 Å². The molecule has 0 saturated carbocycles. The molecule has 1 aromatic carbocycles. The third-order valence-electron chi connectivity index (χ3n) is 3.41. The van der Waals surface area contributed by atoms with E-state index in [1.165, 1.54) is 0 Å². The van der Waals surface area contributed by atoms with Gasteiger partial charge in [-0.3, -0.25) is 4.79 Å². The number of aldehydes is 1. The van der Waals surface area contributed by atoms with Crippen molar-refractivity contribution in [2.24, 2.45) is 0 Å². The van der Waals surface area contributed by atoms with Crippen LogP contribution in [0, 0.1) is 0 Å². The number of aliphatic hydroxyl groups excluding tert-OH is 1. The van der Waals surface area contributed by atoms with E-state index in [1.54, 1.807) is 7.11 Å². The van der Waals surface area contributed by atoms with Crippen LogP contribution in [0.15, 0.2) is 18.2 Å². The van der Waals surface area contributed by atoms with E-state index in [4.69, 9.17) is 4.74 Å². The van der Waals surface area contributed by atoms with Crippen LogP contribution in [0.3, 0.4) is 0 Å². The summed E-state index contributed by atoms with van der Waals surface area (Å²) in [5, 5.41) is 10.8. The van der Waals surface area contributed by atoms with Gasteiger partial charge in [0, 0.05) is 17.5 Å². The minimum atomic E-state index is -0.549. The van der Waals surface area contributed by atoms with Crippen LogP contribution in [-0.2, 0) is 6.54 Å². The highest BCUT2D eigenvalue weighted by atomic mass is 16.5. The molecule has 1 aliphatic heterocycles. The number of nitrogens with zero attached hydrogens (tertiary/aromatic N) is 1. The van der Waals surface area contributed by atoms with Gasteiger partial charge in [-0.2, -0.15) is 0 Å². The van der Waals surface area contributed by atoms with Gasteiger partial charge in [0.1, 0.15) is 5.75 Å². The van der Waals surface area contributed by atoms with Crippen LogP contribution in [0.5, 0.6) is 5.75 Å². The lowest BCUT2D eigenvalue weighted by Crippen LogP contribution is -1.96. The lowest BCUT2D eigenvalue weighted by atomic mass is 10.1. The second kappa shape index (κ2) is 3.60. The van der Waals surface area contributed by atoms with Crippen LogP contribution in [0.1, 0.15) is 28.6 Å². The molecule has 2 heterocycles. The maximum absolute atomic E-state index is 11.2. The molecule has 0 radical (unpaired) electrons. The molecule has 1 atom stereocenters. The Morgan fingerprint density at radius 1 is 1.53 bits per heavy atom. The first-order chi connectivity index (χ1) is 8.27. The van der Waals surface area contributed by atoms with Crippen molar-refractivity contribution in [1.29, 1.82) is 0 Å². The highest BCUT2D eigenvalue weighted by Crippen LogP contribution is 2.39. The molecule has 4 nitrogen and oxygen atoms in total. The third kappa shape index (κ3) is 1.24. The Kier molecular flexibility index (Phi) is 2.19. The van der Waals surface area contributed by atoms with Gasteiger partial charge in [0.2, 0.25) is 0 Å². The summed E-state index contributed by atoms with van der Waals surface area (Å²) in [4.78, 5) is 11.2. The van der Waals surface area contributed by atoms with Crippen LogP contribution in [-0.4, -0.2) is 23.1 Å². The molecule has 0 fully saturated rings.